The molecule has 0 aliphatic heterocycles. The average molecular weight is 306 g/mol. The number of anilines is 1. The molecular formula is C11H17Cl2N5O. The van der Waals surface area contributed by atoms with Gasteiger partial charge in [0.15, 0.2) is 0 Å². The van der Waals surface area contributed by atoms with Crippen LogP contribution in [-0.2, 0) is 4.79 Å². The Kier molecular flexibility index (Phi) is 6.24. The predicted molar refractivity (Wildman–Crippen MR) is 75.4 cm³/mol. The summed E-state index contributed by atoms with van der Waals surface area (Å²) in [7, 11) is 1.58. The van der Waals surface area contributed by atoms with Crippen molar-refractivity contribution in [3.63, 3.8) is 0 Å². The van der Waals surface area contributed by atoms with Gasteiger partial charge in [-0.2, -0.15) is 15.0 Å². The van der Waals surface area contributed by atoms with E-state index in [1.165, 1.54) is 0 Å². The van der Waals surface area contributed by atoms with Crippen molar-refractivity contribution in [3.8, 4) is 0 Å². The molecule has 0 unspecified atom stereocenters. The minimum atomic E-state index is -0.429. The van der Waals surface area contributed by atoms with Crippen molar-refractivity contribution in [1.82, 2.24) is 20.3 Å². The Morgan fingerprint density at radius 1 is 1.16 bits per heavy atom. The van der Waals surface area contributed by atoms with Gasteiger partial charge in [0, 0.05) is 7.05 Å². The third-order valence-corrected chi connectivity index (χ3v) is 2.82. The zero-order valence-electron chi connectivity index (χ0n) is 11.1. The van der Waals surface area contributed by atoms with Crippen molar-refractivity contribution in [2.75, 3.05) is 12.4 Å². The van der Waals surface area contributed by atoms with E-state index in [1.54, 1.807) is 7.05 Å². The van der Waals surface area contributed by atoms with Crippen LogP contribution in [0.25, 0.3) is 0 Å². The number of rotatable bonds is 6. The van der Waals surface area contributed by atoms with E-state index in [2.05, 4.69) is 39.4 Å². The molecule has 0 aromatic carbocycles. The van der Waals surface area contributed by atoms with E-state index in [0.717, 1.165) is 6.42 Å². The van der Waals surface area contributed by atoms with E-state index in [1.807, 2.05) is 0 Å². The molecule has 106 valence electrons. The molecule has 19 heavy (non-hydrogen) atoms. The van der Waals surface area contributed by atoms with Crippen molar-refractivity contribution in [2.24, 2.45) is 5.92 Å². The maximum absolute atomic E-state index is 11.8. The van der Waals surface area contributed by atoms with E-state index in [0.29, 0.717) is 12.3 Å². The van der Waals surface area contributed by atoms with Crippen LogP contribution in [0.3, 0.4) is 0 Å². The lowest BCUT2D eigenvalue weighted by Crippen LogP contribution is -2.38. The van der Waals surface area contributed by atoms with Crippen LogP contribution in [0, 0.1) is 5.92 Å². The molecule has 1 rings (SSSR count). The molecule has 0 saturated carbocycles. The second-order valence-corrected chi connectivity index (χ2v) is 5.16. The molecule has 0 bridgehead atoms. The number of hydrogen-bond acceptors (Lipinski definition) is 5. The van der Waals surface area contributed by atoms with Gasteiger partial charge in [-0.25, -0.2) is 0 Å². The standard InChI is InChI=1S/C11H17Cl2N5O/c1-6(2)4-5-7(8(19)14-3)15-11-17-9(12)16-10(13)18-11/h6-7H,4-5H2,1-3H3,(H,14,19)(H,15,16,17,18)/t7-/m0/s1. The molecule has 6 nitrogen and oxygen atoms in total. The summed E-state index contributed by atoms with van der Waals surface area (Å²) in [5.41, 5.74) is 0. The van der Waals surface area contributed by atoms with Gasteiger partial charge in [0.25, 0.3) is 0 Å². The van der Waals surface area contributed by atoms with Gasteiger partial charge in [-0.1, -0.05) is 13.8 Å². The highest BCUT2D eigenvalue weighted by Gasteiger charge is 2.19. The van der Waals surface area contributed by atoms with Crippen molar-refractivity contribution in [2.45, 2.75) is 32.7 Å². The van der Waals surface area contributed by atoms with Crippen molar-refractivity contribution in [3.05, 3.63) is 10.6 Å². The Morgan fingerprint density at radius 2 is 1.74 bits per heavy atom. The van der Waals surface area contributed by atoms with Crippen LogP contribution in [0.4, 0.5) is 5.95 Å². The number of likely N-dealkylation sites (N-methyl/N-ethyl adjacent to an activating group) is 1. The number of nitrogens with zero attached hydrogens (tertiary/aromatic N) is 3. The van der Waals surface area contributed by atoms with Crippen LogP contribution in [-0.4, -0.2) is 33.9 Å². The van der Waals surface area contributed by atoms with Gasteiger partial charge in [0.2, 0.25) is 22.4 Å². The Bertz CT molecular complexity index is 421. The first-order chi connectivity index (χ1) is 8.92. The smallest absolute Gasteiger partial charge is 0.242 e. The number of aromatic nitrogens is 3. The van der Waals surface area contributed by atoms with Gasteiger partial charge in [0.1, 0.15) is 6.04 Å². The lowest BCUT2D eigenvalue weighted by Gasteiger charge is -2.18. The van der Waals surface area contributed by atoms with Gasteiger partial charge in [0.05, 0.1) is 0 Å². The quantitative estimate of drug-likeness (QED) is 0.841. The van der Waals surface area contributed by atoms with Crippen LogP contribution in [0.5, 0.6) is 0 Å². The molecule has 0 saturated heterocycles. The molecule has 1 atom stereocenters. The van der Waals surface area contributed by atoms with Gasteiger partial charge in [-0.05, 0) is 42.0 Å². The second kappa shape index (κ2) is 7.45. The fourth-order valence-electron chi connectivity index (χ4n) is 1.49. The molecule has 0 radical (unpaired) electrons. The van der Waals surface area contributed by atoms with Gasteiger partial charge in [-0.15, -0.1) is 0 Å². The van der Waals surface area contributed by atoms with Crippen molar-refractivity contribution in [1.29, 1.82) is 0 Å². The zero-order chi connectivity index (χ0) is 14.4. The molecule has 0 aliphatic rings. The van der Waals surface area contributed by atoms with Crippen LogP contribution in [0.1, 0.15) is 26.7 Å². The molecule has 8 heteroatoms. The number of hydrogen-bond donors (Lipinski definition) is 2. The SMILES string of the molecule is CNC(=O)[C@H](CCC(C)C)Nc1nc(Cl)nc(Cl)n1. The highest BCUT2D eigenvalue weighted by molar-refractivity contribution is 6.31. The molecule has 0 spiro atoms. The van der Waals surface area contributed by atoms with Gasteiger partial charge >= 0.3 is 0 Å². The summed E-state index contributed by atoms with van der Waals surface area (Å²) >= 11 is 11.4. The fraction of sp³-hybridized carbons (Fsp3) is 0.636. The molecular weight excluding hydrogens is 289 g/mol. The fourth-order valence-corrected chi connectivity index (χ4v) is 1.85. The van der Waals surface area contributed by atoms with E-state index in [9.17, 15) is 4.79 Å². The second-order valence-electron chi connectivity index (χ2n) is 4.48. The first kappa shape index (κ1) is 15.9. The summed E-state index contributed by atoms with van der Waals surface area (Å²) < 4.78 is 0. The Labute approximate surface area is 122 Å². The Balaban J connectivity index is 2.78. The van der Waals surface area contributed by atoms with Crippen molar-refractivity contribution < 1.29 is 4.79 Å². The lowest BCUT2D eigenvalue weighted by molar-refractivity contribution is -0.121. The molecule has 1 amide bonds. The molecule has 1 aromatic rings. The maximum Gasteiger partial charge on any atom is 0.242 e. The topological polar surface area (TPSA) is 79.8 Å². The monoisotopic (exact) mass is 305 g/mol. The first-order valence-corrected chi connectivity index (χ1v) is 6.73. The third-order valence-electron chi connectivity index (χ3n) is 2.48. The first-order valence-electron chi connectivity index (χ1n) is 5.97. The number of carbonyl (C=O) groups is 1. The largest absolute Gasteiger partial charge is 0.357 e. The minimum Gasteiger partial charge on any atom is -0.357 e. The average Bonchev–Trinajstić information content (AvgIpc) is 2.32. The maximum atomic E-state index is 11.8. The minimum absolute atomic E-state index is 0.0120. The summed E-state index contributed by atoms with van der Waals surface area (Å²) in [6, 6.07) is -0.429. The number of carbonyl (C=O) groups excluding carboxylic acids is 1. The molecule has 1 heterocycles. The van der Waals surface area contributed by atoms with E-state index in [-0.39, 0.29) is 22.4 Å². The summed E-state index contributed by atoms with van der Waals surface area (Å²) in [4.78, 5) is 23.2. The Morgan fingerprint density at radius 3 is 2.21 bits per heavy atom. The molecule has 0 fully saturated rings. The van der Waals surface area contributed by atoms with Crippen LogP contribution in [0.2, 0.25) is 10.6 Å². The third kappa shape index (κ3) is 5.57. The molecule has 1 aromatic heterocycles. The number of halogens is 2. The predicted octanol–water partition coefficient (Wildman–Crippen LogP) is 2.14. The summed E-state index contributed by atoms with van der Waals surface area (Å²) in [6.07, 6.45) is 1.57. The highest BCUT2D eigenvalue weighted by Crippen LogP contribution is 2.14. The summed E-state index contributed by atoms with van der Waals surface area (Å²) in [5, 5.41) is 5.50. The van der Waals surface area contributed by atoms with Crippen LogP contribution < -0.4 is 10.6 Å². The van der Waals surface area contributed by atoms with Crippen molar-refractivity contribution >= 4 is 35.1 Å². The zero-order valence-corrected chi connectivity index (χ0v) is 12.6. The Hall–Kier alpha value is -1.14. The lowest BCUT2D eigenvalue weighted by atomic mass is 10.0. The van der Waals surface area contributed by atoms with E-state index >= 15 is 0 Å². The number of amides is 1. The van der Waals surface area contributed by atoms with Gasteiger partial charge in [-0.3, -0.25) is 4.79 Å². The van der Waals surface area contributed by atoms with Crippen LogP contribution >= 0.6 is 23.2 Å². The number of nitrogens with one attached hydrogen (secondary N) is 2. The summed E-state index contributed by atoms with van der Waals surface area (Å²) in [6.45, 7) is 4.19. The molecule has 2 N–H and O–H groups in total. The van der Waals surface area contributed by atoms with E-state index < -0.39 is 6.04 Å². The van der Waals surface area contributed by atoms with Gasteiger partial charge < -0.3 is 10.6 Å². The molecule has 0 aliphatic carbocycles. The summed E-state index contributed by atoms with van der Waals surface area (Å²) in [5.74, 6) is 0.565. The highest BCUT2D eigenvalue weighted by atomic mass is 35.5. The normalized spacial score (nSPS) is 12.3. The van der Waals surface area contributed by atoms with E-state index in [4.69, 9.17) is 23.2 Å². The van der Waals surface area contributed by atoms with Crippen LogP contribution in [0.15, 0.2) is 0 Å².